The van der Waals surface area contributed by atoms with Gasteiger partial charge in [0.1, 0.15) is 5.75 Å². The molecular formula is C20H26N2O4. The molecular weight excluding hydrogens is 332 g/mol. The molecule has 3 aliphatic rings. The molecule has 26 heavy (non-hydrogen) atoms. The Morgan fingerprint density at radius 1 is 1.15 bits per heavy atom. The van der Waals surface area contributed by atoms with E-state index in [9.17, 15) is 14.7 Å². The van der Waals surface area contributed by atoms with Gasteiger partial charge >= 0.3 is 0 Å². The average molecular weight is 358 g/mol. The van der Waals surface area contributed by atoms with Gasteiger partial charge in [-0.1, -0.05) is 6.07 Å². The van der Waals surface area contributed by atoms with Crippen LogP contribution in [0.1, 0.15) is 41.6 Å². The summed E-state index contributed by atoms with van der Waals surface area (Å²) in [5.74, 6) is 1.03. The second-order valence-corrected chi connectivity index (χ2v) is 7.68. The number of phenols is 1. The summed E-state index contributed by atoms with van der Waals surface area (Å²) in [5, 5.41) is 9.60. The zero-order chi connectivity index (χ0) is 18.1. The number of hydrogen-bond acceptors (Lipinski definition) is 4. The molecule has 1 aromatic carbocycles. The minimum Gasteiger partial charge on any atom is -0.508 e. The third-order valence-electron chi connectivity index (χ3n) is 5.97. The minimum atomic E-state index is 0.0161. The zero-order valence-corrected chi connectivity index (χ0v) is 15.0. The normalized spacial score (nSPS) is 26.1. The van der Waals surface area contributed by atoms with Gasteiger partial charge in [-0.05, 0) is 49.3 Å². The van der Waals surface area contributed by atoms with Gasteiger partial charge in [0.15, 0.2) is 0 Å². The number of rotatable bonds is 3. The lowest BCUT2D eigenvalue weighted by Crippen LogP contribution is -2.44. The summed E-state index contributed by atoms with van der Waals surface area (Å²) in [7, 11) is 0. The fourth-order valence-corrected chi connectivity index (χ4v) is 4.44. The van der Waals surface area contributed by atoms with Gasteiger partial charge in [-0.15, -0.1) is 0 Å². The van der Waals surface area contributed by atoms with Crippen LogP contribution in [0.5, 0.6) is 5.75 Å². The van der Waals surface area contributed by atoms with Crippen LogP contribution in [0.3, 0.4) is 0 Å². The van der Waals surface area contributed by atoms with Crippen LogP contribution in [0.25, 0.3) is 0 Å². The number of amides is 2. The predicted molar refractivity (Wildman–Crippen MR) is 95.7 cm³/mol. The molecule has 1 aliphatic carbocycles. The summed E-state index contributed by atoms with van der Waals surface area (Å²) in [4.78, 5) is 29.0. The molecule has 1 saturated carbocycles. The number of morpholine rings is 1. The Morgan fingerprint density at radius 2 is 1.88 bits per heavy atom. The molecule has 6 heteroatoms. The third kappa shape index (κ3) is 3.43. The molecule has 1 aromatic rings. The van der Waals surface area contributed by atoms with Crippen LogP contribution in [-0.2, 0) is 16.1 Å². The Labute approximate surface area is 153 Å². The summed E-state index contributed by atoms with van der Waals surface area (Å²) in [5.41, 5.74) is 1.62. The van der Waals surface area contributed by atoms with E-state index in [0.29, 0.717) is 44.3 Å². The molecule has 2 aliphatic heterocycles. The number of benzene rings is 1. The molecule has 2 amide bonds. The second-order valence-electron chi connectivity index (χ2n) is 7.68. The average Bonchev–Trinajstić information content (AvgIpc) is 2.98. The van der Waals surface area contributed by atoms with E-state index in [1.165, 1.54) is 0 Å². The molecule has 6 nitrogen and oxygen atoms in total. The van der Waals surface area contributed by atoms with Crippen LogP contribution in [0.4, 0.5) is 0 Å². The Hall–Kier alpha value is -2.08. The van der Waals surface area contributed by atoms with E-state index in [-0.39, 0.29) is 23.5 Å². The van der Waals surface area contributed by atoms with Crippen molar-refractivity contribution in [3.05, 3.63) is 29.3 Å². The van der Waals surface area contributed by atoms with Gasteiger partial charge in [-0.2, -0.15) is 0 Å². The summed E-state index contributed by atoms with van der Waals surface area (Å²) < 4.78 is 5.33. The van der Waals surface area contributed by atoms with E-state index < -0.39 is 0 Å². The Balaban J connectivity index is 1.29. The summed E-state index contributed by atoms with van der Waals surface area (Å²) in [6.07, 6.45) is 3.81. The summed E-state index contributed by atoms with van der Waals surface area (Å²) >= 11 is 0. The van der Waals surface area contributed by atoms with Crippen LogP contribution in [-0.4, -0.2) is 59.6 Å². The van der Waals surface area contributed by atoms with E-state index in [2.05, 4.69) is 0 Å². The quantitative estimate of drug-likeness (QED) is 0.897. The van der Waals surface area contributed by atoms with Crippen LogP contribution in [0, 0.1) is 11.8 Å². The highest BCUT2D eigenvalue weighted by Gasteiger charge is 2.33. The lowest BCUT2D eigenvalue weighted by Gasteiger charge is -2.34. The number of ether oxygens (including phenoxy) is 1. The van der Waals surface area contributed by atoms with Crippen molar-refractivity contribution in [1.29, 1.82) is 0 Å². The molecule has 0 unspecified atom stereocenters. The molecule has 0 bridgehead atoms. The number of hydrogen-bond donors (Lipinski definition) is 1. The van der Waals surface area contributed by atoms with Gasteiger partial charge in [-0.3, -0.25) is 9.59 Å². The van der Waals surface area contributed by atoms with Crippen LogP contribution < -0.4 is 0 Å². The third-order valence-corrected chi connectivity index (χ3v) is 5.97. The first-order chi connectivity index (χ1) is 12.6. The summed E-state index contributed by atoms with van der Waals surface area (Å²) in [6.45, 7) is 4.09. The maximum atomic E-state index is 12.6. The fourth-order valence-electron chi connectivity index (χ4n) is 4.44. The predicted octanol–water partition coefficient (Wildman–Crippen LogP) is 2.01. The van der Waals surface area contributed by atoms with Crippen molar-refractivity contribution >= 4 is 11.8 Å². The molecule has 1 saturated heterocycles. The van der Waals surface area contributed by atoms with Crippen molar-refractivity contribution in [2.24, 2.45) is 11.8 Å². The Bertz CT molecular complexity index is 691. The number of fused-ring (bicyclic) bond motifs is 1. The SMILES string of the molecule is O=C1c2cc(O)ccc2CN1C[C@H]1CC[C@H](C(=O)N2CCOCC2)CC1. The van der Waals surface area contributed by atoms with Crippen molar-refractivity contribution in [2.75, 3.05) is 32.8 Å². The van der Waals surface area contributed by atoms with E-state index in [0.717, 1.165) is 37.8 Å². The van der Waals surface area contributed by atoms with Gasteiger partial charge < -0.3 is 19.6 Å². The lowest BCUT2D eigenvalue weighted by atomic mass is 9.81. The maximum Gasteiger partial charge on any atom is 0.254 e. The highest BCUT2D eigenvalue weighted by molar-refractivity contribution is 5.98. The number of nitrogens with zero attached hydrogens (tertiary/aromatic N) is 2. The maximum absolute atomic E-state index is 12.6. The van der Waals surface area contributed by atoms with Gasteiger partial charge in [0.25, 0.3) is 5.91 Å². The smallest absolute Gasteiger partial charge is 0.254 e. The summed E-state index contributed by atoms with van der Waals surface area (Å²) in [6, 6.07) is 5.04. The number of aromatic hydroxyl groups is 1. The molecule has 0 spiro atoms. The van der Waals surface area contributed by atoms with Crippen molar-refractivity contribution in [3.63, 3.8) is 0 Å². The highest BCUT2D eigenvalue weighted by atomic mass is 16.5. The van der Waals surface area contributed by atoms with Gasteiger partial charge in [0.2, 0.25) is 5.91 Å². The van der Waals surface area contributed by atoms with Crippen LogP contribution in [0.15, 0.2) is 18.2 Å². The number of carbonyl (C=O) groups is 2. The number of phenolic OH excluding ortho intramolecular Hbond substituents is 1. The zero-order valence-electron chi connectivity index (χ0n) is 15.0. The fraction of sp³-hybridized carbons (Fsp3) is 0.600. The second kappa shape index (κ2) is 7.27. The number of carbonyl (C=O) groups excluding carboxylic acids is 2. The van der Waals surface area contributed by atoms with E-state index in [4.69, 9.17) is 4.74 Å². The first kappa shape index (κ1) is 17.3. The molecule has 0 atom stereocenters. The van der Waals surface area contributed by atoms with Gasteiger partial charge in [0, 0.05) is 37.7 Å². The molecule has 1 N–H and O–H groups in total. The van der Waals surface area contributed by atoms with Crippen molar-refractivity contribution in [2.45, 2.75) is 32.2 Å². The van der Waals surface area contributed by atoms with Crippen LogP contribution in [0.2, 0.25) is 0 Å². The molecule has 2 fully saturated rings. The molecule has 140 valence electrons. The monoisotopic (exact) mass is 358 g/mol. The molecule has 2 heterocycles. The molecule has 0 radical (unpaired) electrons. The van der Waals surface area contributed by atoms with Crippen LogP contribution >= 0.6 is 0 Å². The standard InChI is InChI=1S/C20H26N2O4/c23-17-6-5-16-13-22(20(25)18(16)11-17)12-14-1-3-15(4-2-14)19(24)21-7-9-26-10-8-21/h5-6,11,14-15,23H,1-4,7-10,12-13H2/t14-,15-. The Kier molecular flexibility index (Phi) is 4.85. The molecule has 0 aromatic heterocycles. The molecule has 4 rings (SSSR count). The first-order valence-corrected chi connectivity index (χ1v) is 9.59. The minimum absolute atomic E-state index is 0.0161. The Morgan fingerprint density at radius 3 is 2.62 bits per heavy atom. The van der Waals surface area contributed by atoms with Crippen molar-refractivity contribution < 1.29 is 19.4 Å². The van der Waals surface area contributed by atoms with E-state index >= 15 is 0 Å². The largest absolute Gasteiger partial charge is 0.508 e. The van der Waals surface area contributed by atoms with Crippen molar-refractivity contribution in [3.8, 4) is 5.75 Å². The van der Waals surface area contributed by atoms with E-state index in [1.54, 1.807) is 12.1 Å². The first-order valence-electron chi connectivity index (χ1n) is 9.59. The van der Waals surface area contributed by atoms with Crippen molar-refractivity contribution in [1.82, 2.24) is 9.80 Å². The topological polar surface area (TPSA) is 70.1 Å². The lowest BCUT2D eigenvalue weighted by molar-refractivity contribution is -0.141. The van der Waals surface area contributed by atoms with Gasteiger partial charge in [0.05, 0.1) is 13.2 Å². The van der Waals surface area contributed by atoms with Gasteiger partial charge in [-0.25, -0.2) is 0 Å². The highest BCUT2D eigenvalue weighted by Crippen LogP contribution is 2.33. The van der Waals surface area contributed by atoms with E-state index in [1.807, 2.05) is 15.9 Å².